The second-order valence-corrected chi connectivity index (χ2v) is 3.89. The third-order valence-corrected chi connectivity index (χ3v) is 2.74. The summed E-state index contributed by atoms with van der Waals surface area (Å²) in [5.74, 6) is 0. The fourth-order valence-electron chi connectivity index (χ4n) is 1.22. The Hall–Kier alpha value is -0.800. The van der Waals surface area contributed by atoms with Crippen molar-refractivity contribution in [1.82, 2.24) is 0 Å². The number of fused-ring (bicyclic) bond motifs is 2. The molecule has 0 atom stereocenters. The van der Waals surface area contributed by atoms with E-state index in [1.165, 1.54) is 6.07 Å². The van der Waals surface area contributed by atoms with Crippen molar-refractivity contribution in [2.24, 2.45) is 0 Å². The van der Waals surface area contributed by atoms with E-state index in [0.717, 1.165) is 0 Å². The van der Waals surface area contributed by atoms with Crippen LogP contribution in [0.15, 0.2) is 18.2 Å². The van der Waals surface area contributed by atoms with Crippen molar-refractivity contribution in [2.45, 2.75) is 4.33 Å². The lowest BCUT2D eigenvalue weighted by Crippen LogP contribution is -2.23. The summed E-state index contributed by atoms with van der Waals surface area (Å²) in [7, 11) is 0. The molecule has 2 aliphatic rings. The number of nitrogens with zero attached hydrogens (tertiary/aromatic N) is 1. The molecule has 0 heterocycles. The van der Waals surface area contributed by atoms with Crippen LogP contribution in [0.1, 0.15) is 11.1 Å². The van der Waals surface area contributed by atoms with Crippen LogP contribution in [0, 0.1) is 10.1 Å². The molecular weight excluding hydrogens is 201 g/mol. The van der Waals surface area contributed by atoms with Crippen molar-refractivity contribution < 1.29 is 4.92 Å². The smallest absolute Gasteiger partial charge is 0.258 e. The number of rotatable bonds is 1. The Balaban J connectivity index is 2.61. The fourth-order valence-corrected chi connectivity index (χ4v) is 1.76. The second kappa shape index (κ2) is 2.12. The average Bonchev–Trinajstić information content (AvgIpc) is 2.04. The van der Waals surface area contributed by atoms with Gasteiger partial charge in [0.15, 0.2) is 4.33 Å². The van der Waals surface area contributed by atoms with Crippen LogP contribution in [0.25, 0.3) is 0 Å². The zero-order chi connectivity index (χ0) is 8.93. The van der Waals surface area contributed by atoms with Gasteiger partial charge in [0, 0.05) is 6.07 Å². The summed E-state index contributed by atoms with van der Waals surface area (Å²) in [5.41, 5.74) is 1.08. The summed E-state index contributed by atoms with van der Waals surface area (Å²) in [6, 6.07) is 4.59. The number of benzene rings is 1. The van der Waals surface area contributed by atoms with Gasteiger partial charge in [0.25, 0.3) is 5.69 Å². The standard InChI is InChI=1S/C7H3Cl2NO2/c8-7(9)4-1-2-6(10(11)12)5(7)3-4/h1-3H. The lowest BCUT2D eigenvalue weighted by Gasteiger charge is -2.29. The molecule has 1 aromatic rings. The van der Waals surface area contributed by atoms with E-state index in [1.807, 2.05) is 0 Å². The molecule has 1 aromatic carbocycles. The third-order valence-electron chi connectivity index (χ3n) is 1.89. The van der Waals surface area contributed by atoms with E-state index in [2.05, 4.69) is 0 Å². The maximum atomic E-state index is 10.4. The van der Waals surface area contributed by atoms with Gasteiger partial charge in [0.1, 0.15) is 0 Å². The summed E-state index contributed by atoms with van der Waals surface area (Å²) in [6.45, 7) is 0. The van der Waals surface area contributed by atoms with Crippen LogP contribution in [-0.2, 0) is 4.33 Å². The van der Waals surface area contributed by atoms with Gasteiger partial charge < -0.3 is 0 Å². The topological polar surface area (TPSA) is 43.1 Å². The summed E-state index contributed by atoms with van der Waals surface area (Å²) in [6.07, 6.45) is 0. The van der Waals surface area contributed by atoms with E-state index in [9.17, 15) is 10.1 Å². The molecule has 0 spiro atoms. The first-order chi connectivity index (χ1) is 5.53. The Labute approximate surface area is 78.1 Å². The molecule has 3 rings (SSSR count). The molecule has 0 saturated heterocycles. The number of nitro groups is 1. The van der Waals surface area contributed by atoms with Crippen LogP contribution in [0.3, 0.4) is 0 Å². The zero-order valence-corrected chi connectivity index (χ0v) is 7.26. The molecule has 0 saturated carbocycles. The number of hydrogen-bond acceptors (Lipinski definition) is 2. The molecule has 0 radical (unpaired) electrons. The summed E-state index contributed by atoms with van der Waals surface area (Å²) < 4.78 is -1.16. The molecule has 0 aliphatic heterocycles. The SMILES string of the molecule is O=[N+]([O-])c1ccc2cc1C2(Cl)Cl. The molecule has 12 heavy (non-hydrogen) atoms. The average molecular weight is 204 g/mol. The molecule has 0 amide bonds. The minimum absolute atomic E-state index is 0.0185. The Morgan fingerprint density at radius 2 is 2.08 bits per heavy atom. The van der Waals surface area contributed by atoms with Crippen molar-refractivity contribution >= 4 is 28.9 Å². The number of alkyl halides is 2. The van der Waals surface area contributed by atoms with Gasteiger partial charge in [-0.2, -0.15) is 0 Å². The predicted octanol–water partition coefficient (Wildman–Crippen LogP) is 2.59. The largest absolute Gasteiger partial charge is 0.275 e. The lowest BCUT2D eigenvalue weighted by molar-refractivity contribution is -0.385. The van der Waals surface area contributed by atoms with Gasteiger partial charge in [-0.1, -0.05) is 23.2 Å². The highest BCUT2D eigenvalue weighted by molar-refractivity contribution is 6.51. The Bertz CT molecular complexity index is 372. The number of halogens is 2. The maximum absolute atomic E-state index is 10.4. The van der Waals surface area contributed by atoms with Gasteiger partial charge in [-0.3, -0.25) is 10.1 Å². The summed E-state index contributed by atoms with van der Waals surface area (Å²) in [4.78, 5) is 9.94. The van der Waals surface area contributed by atoms with Gasteiger partial charge >= 0.3 is 0 Å². The Kier molecular flexibility index (Phi) is 1.38. The van der Waals surface area contributed by atoms with Crippen LogP contribution in [0.5, 0.6) is 0 Å². The van der Waals surface area contributed by atoms with Crippen LogP contribution in [0.2, 0.25) is 0 Å². The predicted molar refractivity (Wildman–Crippen MR) is 45.6 cm³/mol. The van der Waals surface area contributed by atoms with Crippen molar-refractivity contribution in [3.8, 4) is 0 Å². The van der Waals surface area contributed by atoms with E-state index in [4.69, 9.17) is 23.2 Å². The van der Waals surface area contributed by atoms with Gasteiger partial charge in [0.05, 0.1) is 10.5 Å². The van der Waals surface area contributed by atoms with E-state index in [-0.39, 0.29) is 5.69 Å². The highest BCUT2D eigenvalue weighted by Crippen LogP contribution is 2.52. The summed E-state index contributed by atoms with van der Waals surface area (Å²) >= 11 is 11.6. The highest BCUT2D eigenvalue weighted by atomic mass is 35.5. The number of nitro benzene ring substituents is 1. The molecule has 2 aliphatic carbocycles. The summed E-state index contributed by atoms with van der Waals surface area (Å²) in [5, 5.41) is 10.4. The van der Waals surface area contributed by atoms with Gasteiger partial charge in [0.2, 0.25) is 0 Å². The van der Waals surface area contributed by atoms with Crippen LogP contribution >= 0.6 is 23.2 Å². The Morgan fingerprint density at radius 3 is 2.42 bits per heavy atom. The first kappa shape index (κ1) is 7.83. The van der Waals surface area contributed by atoms with E-state index in [0.29, 0.717) is 11.1 Å². The zero-order valence-electron chi connectivity index (χ0n) is 5.75. The van der Waals surface area contributed by atoms with Gasteiger partial charge in [-0.15, -0.1) is 0 Å². The van der Waals surface area contributed by atoms with Crippen LogP contribution in [-0.4, -0.2) is 4.92 Å². The highest BCUT2D eigenvalue weighted by Gasteiger charge is 2.43. The van der Waals surface area contributed by atoms with Crippen molar-refractivity contribution in [1.29, 1.82) is 0 Å². The van der Waals surface area contributed by atoms with E-state index >= 15 is 0 Å². The monoisotopic (exact) mass is 203 g/mol. The van der Waals surface area contributed by atoms with E-state index < -0.39 is 9.26 Å². The van der Waals surface area contributed by atoms with Gasteiger partial charge in [-0.05, 0) is 17.7 Å². The first-order valence-electron chi connectivity index (χ1n) is 3.20. The molecule has 62 valence electrons. The third kappa shape index (κ3) is 0.778. The molecule has 5 heteroatoms. The molecule has 0 fully saturated rings. The van der Waals surface area contributed by atoms with Crippen molar-refractivity contribution in [2.75, 3.05) is 0 Å². The van der Waals surface area contributed by atoms with Crippen LogP contribution < -0.4 is 0 Å². The first-order valence-corrected chi connectivity index (χ1v) is 3.96. The second-order valence-electron chi connectivity index (χ2n) is 2.56. The molecule has 0 aromatic heterocycles. The molecule has 0 unspecified atom stereocenters. The number of hydrogen-bond donors (Lipinski definition) is 0. The lowest BCUT2D eigenvalue weighted by atomic mass is 9.90. The van der Waals surface area contributed by atoms with Gasteiger partial charge in [-0.25, -0.2) is 0 Å². The quantitative estimate of drug-likeness (QED) is 0.400. The minimum atomic E-state index is -1.16. The van der Waals surface area contributed by atoms with Crippen molar-refractivity contribution in [3.63, 3.8) is 0 Å². The Morgan fingerprint density at radius 1 is 1.42 bits per heavy atom. The molecule has 2 bridgehead atoms. The van der Waals surface area contributed by atoms with E-state index in [1.54, 1.807) is 12.1 Å². The maximum Gasteiger partial charge on any atom is 0.275 e. The normalized spacial score (nSPS) is 16.8. The molecule has 0 N–H and O–H groups in total. The fraction of sp³-hybridized carbons (Fsp3) is 0.143. The molecule has 3 nitrogen and oxygen atoms in total. The minimum Gasteiger partial charge on any atom is -0.258 e. The van der Waals surface area contributed by atoms with Crippen molar-refractivity contribution in [3.05, 3.63) is 39.4 Å². The van der Waals surface area contributed by atoms with Crippen LogP contribution in [0.4, 0.5) is 5.69 Å². The molecular formula is C7H3Cl2NO2.